The number of anilines is 1. The van der Waals surface area contributed by atoms with Gasteiger partial charge in [-0.25, -0.2) is 30.6 Å². The number of aromatic nitrogens is 5. The molecule has 1 unspecified atom stereocenters. The highest BCUT2D eigenvalue weighted by Gasteiger charge is 2.63. The highest BCUT2D eigenvalue weighted by molar-refractivity contribution is 7.92. The Morgan fingerprint density at radius 2 is 1.58 bits per heavy atom. The normalized spacial score (nSPS) is 17.8. The summed E-state index contributed by atoms with van der Waals surface area (Å²) in [6.45, 7) is -0.543. The lowest BCUT2D eigenvalue weighted by molar-refractivity contribution is -0.144. The number of pyridine rings is 1. The van der Waals surface area contributed by atoms with E-state index >= 15 is 8.78 Å². The third-order valence-electron chi connectivity index (χ3n) is 11.1. The van der Waals surface area contributed by atoms with Crippen LogP contribution in [0.5, 0.6) is 0 Å². The first-order chi connectivity index (χ1) is 29.8. The Hall–Kier alpha value is -5.41. The van der Waals surface area contributed by atoms with Crippen LogP contribution in [0.4, 0.5) is 49.7 Å². The molecule has 12 nitrogen and oxygen atoms in total. The highest BCUT2D eigenvalue weighted by atomic mass is 35.5. The standard InChI is InChI=1S/C40H34ClF10N7O5S2/c1-37(2,64(3,60)61)12-11-22-5-6-23(24-8-10-27(41)31-33(24)58(18-38(44,45)46)55-36(31)56-65(4,62)63)32(52-22)28(15-19-13-20(42)16-21(43)14-19)53-29(59)17-57-35-30(34(54-57)40(49,50)51)25-7-9-26(25)39(35,47)48/h5-6,8,10,13-14,16,25-26,28H,7,9,15,17-18H2,1-4H3,(H,53,59)(H,55,56)/t25-,26?,28-/m0/s1. The van der Waals surface area contributed by atoms with Gasteiger partial charge in [-0.15, -0.1) is 0 Å². The molecule has 1 fully saturated rings. The monoisotopic (exact) mass is 981 g/mol. The molecule has 0 aliphatic heterocycles. The Bertz CT molecular complexity index is 3050. The van der Waals surface area contributed by atoms with Gasteiger partial charge in [-0.3, -0.25) is 18.9 Å². The molecule has 2 aliphatic carbocycles. The van der Waals surface area contributed by atoms with Crippen molar-refractivity contribution in [3.05, 3.63) is 93.0 Å². The zero-order chi connectivity index (χ0) is 48.0. The molecule has 3 aromatic heterocycles. The smallest absolute Gasteiger partial charge is 0.346 e. The van der Waals surface area contributed by atoms with E-state index in [2.05, 4.69) is 32.3 Å². The summed E-state index contributed by atoms with van der Waals surface area (Å²) in [6, 6.07) is 5.26. The van der Waals surface area contributed by atoms with Crippen molar-refractivity contribution in [2.45, 2.75) is 81.2 Å². The lowest BCUT2D eigenvalue weighted by atomic mass is 9.73. The molecular formula is C40H34ClF10N7O5S2. The van der Waals surface area contributed by atoms with Gasteiger partial charge < -0.3 is 5.32 Å². The molecule has 7 rings (SSSR count). The molecule has 5 aromatic rings. The summed E-state index contributed by atoms with van der Waals surface area (Å²) in [5.41, 5.74) is -5.13. The number of amides is 1. The highest BCUT2D eigenvalue weighted by Crippen LogP contribution is 2.64. The van der Waals surface area contributed by atoms with Gasteiger partial charge in [-0.05, 0) is 80.8 Å². The van der Waals surface area contributed by atoms with Crippen LogP contribution in [0.3, 0.4) is 0 Å². The Morgan fingerprint density at radius 3 is 2.15 bits per heavy atom. The van der Waals surface area contributed by atoms with Crippen molar-refractivity contribution < 1.29 is 65.5 Å². The second-order valence-electron chi connectivity index (χ2n) is 16.3. The minimum absolute atomic E-state index is 0.0151. The molecule has 2 aromatic carbocycles. The molecule has 3 atom stereocenters. The van der Waals surface area contributed by atoms with Crippen LogP contribution < -0.4 is 10.0 Å². The molecule has 1 saturated carbocycles. The fraction of sp³-hybridized carbons (Fsp3) is 0.400. The Morgan fingerprint density at radius 1 is 0.938 bits per heavy atom. The molecular weight excluding hydrogens is 948 g/mol. The van der Waals surface area contributed by atoms with Gasteiger partial charge in [0, 0.05) is 34.9 Å². The topological polar surface area (TPSA) is 158 Å². The zero-order valence-electron chi connectivity index (χ0n) is 34.1. The van der Waals surface area contributed by atoms with Crippen LogP contribution in [0.15, 0.2) is 42.5 Å². The number of fused-ring (bicyclic) bond motifs is 4. The largest absolute Gasteiger partial charge is 0.435 e. The van der Waals surface area contributed by atoms with E-state index in [0.29, 0.717) is 17.0 Å². The number of carbonyl (C=O) groups excluding carboxylic acids is 1. The number of halogens is 11. The van der Waals surface area contributed by atoms with E-state index in [4.69, 9.17) is 11.6 Å². The number of hydrogen-bond acceptors (Lipinski definition) is 8. The summed E-state index contributed by atoms with van der Waals surface area (Å²) in [6.07, 6.45) is -9.30. The lowest BCUT2D eigenvalue weighted by Gasteiger charge is -2.34. The van der Waals surface area contributed by atoms with E-state index < -0.39 is 126 Å². The molecule has 0 bridgehead atoms. The van der Waals surface area contributed by atoms with Crippen molar-refractivity contribution in [2.24, 2.45) is 5.92 Å². The van der Waals surface area contributed by atoms with Crippen molar-refractivity contribution in [3.8, 4) is 23.0 Å². The van der Waals surface area contributed by atoms with Crippen LogP contribution >= 0.6 is 11.6 Å². The maximum atomic E-state index is 15.7. The van der Waals surface area contributed by atoms with Gasteiger partial charge in [0.15, 0.2) is 21.3 Å². The number of sulfonamides is 1. The van der Waals surface area contributed by atoms with Crippen molar-refractivity contribution in [2.75, 3.05) is 17.2 Å². The van der Waals surface area contributed by atoms with Crippen molar-refractivity contribution >= 4 is 54.1 Å². The van der Waals surface area contributed by atoms with E-state index in [1.54, 1.807) is 0 Å². The van der Waals surface area contributed by atoms with Crippen LogP contribution in [0.25, 0.3) is 22.0 Å². The number of nitrogens with one attached hydrogen (secondary N) is 2. The molecule has 3 heterocycles. The fourth-order valence-corrected chi connectivity index (χ4v) is 8.86. The summed E-state index contributed by atoms with van der Waals surface area (Å²) in [4.78, 5) is 18.6. The Labute approximate surface area is 368 Å². The molecule has 0 spiro atoms. The van der Waals surface area contributed by atoms with Gasteiger partial charge in [0.25, 0.3) is 5.92 Å². The van der Waals surface area contributed by atoms with E-state index in [9.17, 15) is 56.8 Å². The maximum absolute atomic E-state index is 15.7. The number of nitrogens with zero attached hydrogens (tertiary/aromatic N) is 5. The quantitative estimate of drug-likeness (QED) is 0.0995. The molecule has 2 N–H and O–H groups in total. The summed E-state index contributed by atoms with van der Waals surface area (Å²) in [5, 5.41) is 9.08. The van der Waals surface area contributed by atoms with E-state index in [0.717, 1.165) is 24.5 Å². The fourth-order valence-electron chi connectivity index (χ4n) is 7.89. The summed E-state index contributed by atoms with van der Waals surface area (Å²) in [7, 11) is -8.06. The van der Waals surface area contributed by atoms with Crippen LogP contribution in [0, 0.1) is 29.4 Å². The number of benzene rings is 2. The zero-order valence-corrected chi connectivity index (χ0v) is 36.4. The third kappa shape index (κ3) is 9.49. The van der Waals surface area contributed by atoms with E-state index in [1.807, 2.05) is 4.72 Å². The van der Waals surface area contributed by atoms with Gasteiger partial charge in [0.1, 0.15) is 40.9 Å². The average molecular weight is 982 g/mol. The minimum atomic E-state index is -5.19. The Kier molecular flexibility index (Phi) is 11.8. The number of sulfone groups is 1. The second-order valence-corrected chi connectivity index (χ2v) is 21.0. The van der Waals surface area contributed by atoms with Crippen molar-refractivity contribution in [3.63, 3.8) is 0 Å². The van der Waals surface area contributed by atoms with Gasteiger partial charge in [0.2, 0.25) is 15.9 Å². The van der Waals surface area contributed by atoms with Crippen LogP contribution in [0.2, 0.25) is 5.02 Å². The van der Waals surface area contributed by atoms with Gasteiger partial charge in [-0.2, -0.15) is 45.3 Å². The van der Waals surface area contributed by atoms with Gasteiger partial charge in [0.05, 0.1) is 33.9 Å². The first-order valence-corrected chi connectivity index (χ1v) is 23.3. The summed E-state index contributed by atoms with van der Waals surface area (Å²) in [5.74, 6) is -5.46. The SMILES string of the molecule is CC(C)(C#Cc1ccc(-c2ccc(Cl)c3c(NS(C)(=O)=O)nn(CC(F)(F)F)c23)c([C@H](Cc2cc(F)cc(F)c2)NC(=O)Cn2nc(C(F)(F)F)c3c2C(F)(F)C2CC[C@H]32)n1)S(C)(=O)=O. The molecule has 25 heteroatoms. The van der Waals surface area contributed by atoms with Gasteiger partial charge in [-0.1, -0.05) is 23.6 Å². The van der Waals surface area contributed by atoms with Crippen LogP contribution in [-0.2, 0) is 56.3 Å². The van der Waals surface area contributed by atoms with Crippen molar-refractivity contribution in [1.29, 1.82) is 0 Å². The first-order valence-electron chi connectivity index (χ1n) is 19.1. The number of carbonyl (C=O) groups is 1. The molecule has 2 aliphatic rings. The number of hydrogen-bond donors (Lipinski definition) is 2. The number of rotatable bonds is 11. The third-order valence-corrected chi connectivity index (χ3v) is 13.9. The maximum Gasteiger partial charge on any atom is 0.435 e. The van der Waals surface area contributed by atoms with Gasteiger partial charge >= 0.3 is 12.4 Å². The first kappa shape index (κ1) is 47.5. The Balaban J connectivity index is 1.45. The second kappa shape index (κ2) is 16.2. The molecule has 348 valence electrons. The lowest BCUT2D eigenvalue weighted by Crippen LogP contribution is -2.36. The summed E-state index contributed by atoms with van der Waals surface area (Å²) >= 11 is 6.47. The van der Waals surface area contributed by atoms with Crippen LogP contribution in [-0.4, -0.2) is 70.7 Å². The summed E-state index contributed by atoms with van der Waals surface area (Å²) < 4.78 is 197. The number of alkyl halides is 8. The molecule has 0 saturated heterocycles. The predicted molar refractivity (Wildman–Crippen MR) is 216 cm³/mol. The molecule has 0 radical (unpaired) electrons. The van der Waals surface area contributed by atoms with E-state index in [1.165, 1.54) is 32.0 Å². The molecule has 65 heavy (non-hydrogen) atoms. The van der Waals surface area contributed by atoms with E-state index in [-0.39, 0.29) is 56.0 Å². The van der Waals surface area contributed by atoms with Crippen molar-refractivity contribution in [1.82, 2.24) is 29.9 Å². The predicted octanol–water partition coefficient (Wildman–Crippen LogP) is 8.05. The average Bonchev–Trinajstić information content (AvgIpc) is 3.70. The van der Waals surface area contributed by atoms with Crippen LogP contribution in [0.1, 0.15) is 72.6 Å². The molecule has 1 amide bonds. The minimum Gasteiger partial charge on any atom is -0.346 e.